The highest BCUT2D eigenvalue weighted by Gasteiger charge is 2.61. The third-order valence-electron chi connectivity index (χ3n) is 9.78. The summed E-state index contributed by atoms with van der Waals surface area (Å²) in [7, 11) is 1.90. The molecule has 0 aromatic heterocycles. The molecule has 0 aromatic carbocycles. The van der Waals surface area contributed by atoms with Gasteiger partial charge in [-0.15, -0.1) is 0 Å². The maximum Gasteiger partial charge on any atom is 0.302 e. The van der Waals surface area contributed by atoms with Crippen molar-refractivity contribution >= 4 is 5.97 Å². The molecule has 0 heterocycles. The highest BCUT2D eigenvalue weighted by atomic mass is 16.5. The van der Waals surface area contributed by atoms with Gasteiger partial charge in [0.15, 0.2) is 0 Å². The van der Waals surface area contributed by atoms with Gasteiger partial charge in [0.2, 0.25) is 0 Å². The molecular formula is C26H40O4. The molecule has 4 heteroatoms. The lowest BCUT2D eigenvalue weighted by molar-refractivity contribution is -0.146. The van der Waals surface area contributed by atoms with Crippen molar-refractivity contribution in [1.29, 1.82) is 0 Å². The first-order chi connectivity index (χ1) is 14.2. The van der Waals surface area contributed by atoms with E-state index < -0.39 is 5.60 Å². The number of fused-ring (bicyclic) bond motifs is 5. The number of hydrogen-bond acceptors (Lipinski definition) is 4. The molecule has 0 spiro atoms. The predicted molar refractivity (Wildman–Crippen MR) is 116 cm³/mol. The van der Waals surface area contributed by atoms with Gasteiger partial charge in [0, 0.05) is 20.5 Å². The molecule has 4 rings (SSSR count). The van der Waals surface area contributed by atoms with E-state index in [1.165, 1.54) is 45.4 Å². The van der Waals surface area contributed by atoms with Crippen LogP contribution in [0.5, 0.6) is 0 Å². The van der Waals surface area contributed by atoms with Gasteiger partial charge in [-0.25, -0.2) is 0 Å². The van der Waals surface area contributed by atoms with Crippen LogP contribution in [0, 0.1) is 46.3 Å². The average molecular weight is 417 g/mol. The van der Waals surface area contributed by atoms with E-state index >= 15 is 0 Å². The molecule has 0 saturated heterocycles. The number of carbonyl (C=O) groups is 1. The Morgan fingerprint density at radius 1 is 1.03 bits per heavy atom. The summed E-state index contributed by atoms with van der Waals surface area (Å²) in [6.07, 6.45) is 11.3. The SMILES string of the molecule is CO[C@H]1CC[C@H]2[C@@H]3CC[C@H]4C[C@@](O)(C#CCCOC(C)=O)CC[C@]4(C)[C@H]3CC[C@]12C. The third kappa shape index (κ3) is 3.71. The molecule has 0 aromatic rings. The van der Waals surface area contributed by atoms with Gasteiger partial charge in [-0.05, 0) is 92.3 Å². The van der Waals surface area contributed by atoms with Crippen molar-refractivity contribution in [3.63, 3.8) is 0 Å². The Hall–Kier alpha value is -1.05. The molecule has 8 atom stereocenters. The lowest BCUT2D eigenvalue weighted by atomic mass is 9.44. The van der Waals surface area contributed by atoms with Gasteiger partial charge < -0.3 is 14.6 Å². The first-order valence-electron chi connectivity index (χ1n) is 12.1. The highest BCUT2D eigenvalue weighted by molar-refractivity contribution is 5.65. The van der Waals surface area contributed by atoms with Crippen LogP contribution in [0.3, 0.4) is 0 Å². The van der Waals surface area contributed by atoms with Gasteiger partial charge >= 0.3 is 5.97 Å². The molecule has 4 aliphatic rings. The maximum absolute atomic E-state index is 11.2. The fourth-order valence-corrected chi connectivity index (χ4v) is 8.17. The second-order valence-corrected chi connectivity index (χ2v) is 11.1. The van der Waals surface area contributed by atoms with Crippen LogP contribution in [0.4, 0.5) is 0 Å². The van der Waals surface area contributed by atoms with Crippen LogP contribution in [-0.2, 0) is 14.3 Å². The molecule has 168 valence electrons. The monoisotopic (exact) mass is 416 g/mol. The van der Waals surface area contributed by atoms with E-state index in [1.54, 1.807) is 0 Å². The lowest BCUT2D eigenvalue weighted by Gasteiger charge is -2.61. The molecule has 0 aliphatic heterocycles. The third-order valence-corrected chi connectivity index (χ3v) is 9.78. The summed E-state index contributed by atoms with van der Waals surface area (Å²) in [5.41, 5.74) is -0.173. The number of carbonyl (C=O) groups excluding carboxylic acids is 1. The Morgan fingerprint density at radius 3 is 2.53 bits per heavy atom. The van der Waals surface area contributed by atoms with Gasteiger partial charge in [0.1, 0.15) is 12.2 Å². The maximum atomic E-state index is 11.2. The van der Waals surface area contributed by atoms with E-state index in [1.807, 2.05) is 7.11 Å². The summed E-state index contributed by atoms with van der Waals surface area (Å²) in [6.45, 7) is 6.74. The summed E-state index contributed by atoms with van der Waals surface area (Å²) < 4.78 is 10.9. The summed E-state index contributed by atoms with van der Waals surface area (Å²) in [5.74, 6) is 8.92. The summed E-state index contributed by atoms with van der Waals surface area (Å²) in [6, 6.07) is 0. The van der Waals surface area contributed by atoms with Gasteiger partial charge in [0.05, 0.1) is 6.10 Å². The van der Waals surface area contributed by atoms with Crippen LogP contribution in [0.1, 0.15) is 85.0 Å². The molecule has 4 nitrogen and oxygen atoms in total. The number of ether oxygens (including phenoxy) is 2. The number of hydrogen-bond donors (Lipinski definition) is 1. The van der Waals surface area contributed by atoms with E-state index in [4.69, 9.17) is 9.47 Å². The van der Waals surface area contributed by atoms with Crippen LogP contribution < -0.4 is 0 Å². The summed E-state index contributed by atoms with van der Waals surface area (Å²) >= 11 is 0. The topological polar surface area (TPSA) is 55.8 Å². The summed E-state index contributed by atoms with van der Waals surface area (Å²) in [4.78, 5) is 10.9. The molecule has 4 aliphatic carbocycles. The fraction of sp³-hybridized carbons (Fsp3) is 0.885. The molecular weight excluding hydrogens is 376 g/mol. The molecule has 0 radical (unpaired) electrons. The Kier molecular flexibility index (Phi) is 6.01. The second kappa shape index (κ2) is 8.14. The van der Waals surface area contributed by atoms with Crippen molar-refractivity contribution in [3.05, 3.63) is 0 Å². The standard InChI is InChI=1S/C26H40O4/c1-18(27)30-16-6-5-12-26(28)15-14-24(2)19(17-26)7-8-20-21-9-10-23(29-4)25(21,3)13-11-22(20)24/h19-23,28H,6-11,13-17H2,1-4H3/t19-,20-,21-,22-,23-,24-,25-,26+/m0/s1. The number of methoxy groups -OCH3 is 1. The van der Waals surface area contributed by atoms with Crippen molar-refractivity contribution in [1.82, 2.24) is 0 Å². The minimum Gasteiger partial charge on any atom is -0.465 e. The first kappa shape index (κ1) is 22.2. The zero-order chi connectivity index (χ0) is 21.6. The second-order valence-electron chi connectivity index (χ2n) is 11.1. The zero-order valence-corrected chi connectivity index (χ0v) is 19.3. The van der Waals surface area contributed by atoms with Crippen molar-refractivity contribution in [2.45, 2.75) is 96.7 Å². The van der Waals surface area contributed by atoms with Gasteiger partial charge in [-0.1, -0.05) is 25.7 Å². The zero-order valence-electron chi connectivity index (χ0n) is 19.3. The molecule has 0 amide bonds. The number of aliphatic hydroxyl groups is 1. The van der Waals surface area contributed by atoms with Crippen molar-refractivity contribution in [2.24, 2.45) is 34.5 Å². The van der Waals surface area contributed by atoms with E-state index in [0.717, 1.165) is 37.0 Å². The van der Waals surface area contributed by atoms with Gasteiger partial charge in [-0.2, -0.15) is 0 Å². The van der Waals surface area contributed by atoms with Crippen LogP contribution in [0.15, 0.2) is 0 Å². The molecule has 4 saturated carbocycles. The molecule has 30 heavy (non-hydrogen) atoms. The van der Waals surface area contributed by atoms with Gasteiger partial charge in [0.25, 0.3) is 0 Å². The average Bonchev–Trinajstić information content (AvgIpc) is 3.04. The van der Waals surface area contributed by atoms with Crippen LogP contribution in [-0.4, -0.2) is 36.5 Å². The Morgan fingerprint density at radius 2 is 1.80 bits per heavy atom. The quantitative estimate of drug-likeness (QED) is 0.410. The molecule has 1 N–H and O–H groups in total. The van der Waals surface area contributed by atoms with E-state index in [9.17, 15) is 9.90 Å². The number of esters is 1. The molecule has 0 bridgehead atoms. The Bertz CT molecular complexity index is 722. The fourth-order valence-electron chi connectivity index (χ4n) is 8.17. The van der Waals surface area contributed by atoms with Crippen LogP contribution >= 0.6 is 0 Å². The summed E-state index contributed by atoms with van der Waals surface area (Å²) in [5, 5.41) is 11.2. The number of rotatable bonds is 3. The molecule has 4 fully saturated rings. The highest BCUT2D eigenvalue weighted by Crippen LogP contribution is 2.67. The Balaban J connectivity index is 1.44. The lowest BCUT2D eigenvalue weighted by Crippen LogP contribution is -2.56. The largest absolute Gasteiger partial charge is 0.465 e. The van der Waals surface area contributed by atoms with Crippen molar-refractivity contribution < 1.29 is 19.4 Å². The van der Waals surface area contributed by atoms with Crippen LogP contribution in [0.25, 0.3) is 0 Å². The van der Waals surface area contributed by atoms with Gasteiger partial charge in [-0.3, -0.25) is 4.79 Å². The normalized spacial score (nSPS) is 47.3. The van der Waals surface area contributed by atoms with E-state index in [-0.39, 0.29) is 5.97 Å². The van der Waals surface area contributed by atoms with Crippen molar-refractivity contribution in [3.8, 4) is 11.8 Å². The van der Waals surface area contributed by atoms with E-state index in [0.29, 0.717) is 35.9 Å². The van der Waals surface area contributed by atoms with Crippen LogP contribution in [0.2, 0.25) is 0 Å². The van der Waals surface area contributed by atoms with E-state index in [2.05, 4.69) is 25.7 Å². The minimum atomic E-state index is -0.870. The molecule has 0 unspecified atom stereocenters. The predicted octanol–water partition coefficient (Wildman–Crippen LogP) is 4.73. The minimum absolute atomic E-state index is 0.275. The Labute approximate surface area is 182 Å². The smallest absolute Gasteiger partial charge is 0.302 e. The first-order valence-corrected chi connectivity index (χ1v) is 12.1. The van der Waals surface area contributed by atoms with Crippen molar-refractivity contribution in [2.75, 3.05) is 13.7 Å².